The minimum absolute atomic E-state index is 0.290. The van der Waals surface area contributed by atoms with Crippen LogP contribution in [0, 0.1) is 11.6 Å². The summed E-state index contributed by atoms with van der Waals surface area (Å²) in [6, 6.07) is 8.28. The van der Waals surface area contributed by atoms with Gasteiger partial charge in [-0.25, -0.2) is 13.6 Å². The third-order valence-corrected chi connectivity index (χ3v) is 4.67. The number of rotatable bonds is 4. The monoisotopic (exact) mass is 403 g/mol. The van der Waals surface area contributed by atoms with Gasteiger partial charge in [-0.05, 0) is 56.7 Å². The Bertz CT molecular complexity index is 889. The molecule has 0 bridgehead atoms. The van der Waals surface area contributed by atoms with E-state index in [2.05, 4.69) is 5.32 Å². The highest BCUT2D eigenvalue weighted by atomic mass is 19.1. The third kappa shape index (κ3) is 4.64. The summed E-state index contributed by atoms with van der Waals surface area (Å²) in [5.41, 5.74) is 0.996. The van der Waals surface area contributed by atoms with Crippen molar-refractivity contribution in [1.82, 2.24) is 5.32 Å². The Hall–Kier alpha value is -3.16. The van der Waals surface area contributed by atoms with E-state index in [0.29, 0.717) is 37.5 Å². The van der Waals surface area contributed by atoms with E-state index in [-0.39, 0.29) is 11.7 Å². The van der Waals surface area contributed by atoms with Gasteiger partial charge >= 0.3 is 6.03 Å². The Kier molecular flexibility index (Phi) is 6.31. The lowest BCUT2D eigenvalue weighted by molar-refractivity contribution is -0.119. The van der Waals surface area contributed by atoms with Crippen molar-refractivity contribution in [2.45, 2.75) is 26.3 Å². The van der Waals surface area contributed by atoms with Gasteiger partial charge in [0.1, 0.15) is 23.4 Å². The van der Waals surface area contributed by atoms with Crippen LogP contribution in [-0.4, -0.2) is 37.7 Å². The second-order valence-corrected chi connectivity index (χ2v) is 6.70. The van der Waals surface area contributed by atoms with Gasteiger partial charge in [0.25, 0.3) is 0 Å². The van der Waals surface area contributed by atoms with Gasteiger partial charge in [-0.2, -0.15) is 0 Å². The van der Waals surface area contributed by atoms with Crippen LogP contribution in [0.5, 0.6) is 5.75 Å². The Balaban J connectivity index is 1.74. The number of ether oxygens (including phenoxy) is 1. The molecule has 0 radical (unpaired) electrons. The van der Waals surface area contributed by atoms with Crippen molar-refractivity contribution >= 4 is 23.3 Å². The Morgan fingerprint density at radius 3 is 2.55 bits per heavy atom. The largest absolute Gasteiger partial charge is 0.491 e. The molecule has 1 aliphatic rings. The van der Waals surface area contributed by atoms with Crippen LogP contribution in [0.4, 0.5) is 25.0 Å². The maximum absolute atomic E-state index is 13.5. The number of likely N-dealkylation sites (N-methyl/N-ethyl adjacent to an activating group) is 1. The summed E-state index contributed by atoms with van der Waals surface area (Å²) in [6.07, 6.45) is 0.572. The van der Waals surface area contributed by atoms with Gasteiger partial charge in [-0.15, -0.1) is 0 Å². The molecule has 3 rings (SSSR count). The zero-order valence-corrected chi connectivity index (χ0v) is 16.3. The minimum atomic E-state index is -0.819. The van der Waals surface area contributed by atoms with Gasteiger partial charge in [-0.1, -0.05) is 0 Å². The first kappa shape index (κ1) is 20.6. The molecule has 0 spiro atoms. The molecule has 0 saturated carbocycles. The van der Waals surface area contributed by atoms with Crippen molar-refractivity contribution in [2.24, 2.45) is 0 Å². The van der Waals surface area contributed by atoms with E-state index in [4.69, 9.17) is 4.74 Å². The molecule has 1 atom stereocenters. The van der Waals surface area contributed by atoms with E-state index >= 15 is 0 Å². The van der Waals surface area contributed by atoms with E-state index in [1.165, 1.54) is 52.3 Å². The first-order chi connectivity index (χ1) is 13.9. The number of amides is 3. The lowest BCUT2D eigenvalue weighted by Gasteiger charge is -2.28. The molecular formula is C21H23F2N3O3. The summed E-state index contributed by atoms with van der Waals surface area (Å²) in [5, 5.41) is 2.70. The number of benzene rings is 2. The lowest BCUT2D eigenvalue weighted by atomic mass is 10.2. The topological polar surface area (TPSA) is 61.9 Å². The van der Waals surface area contributed by atoms with Gasteiger partial charge in [0.05, 0.1) is 12.3 Å². The molecule has 0 saturated heterocycles. The van der Waals surface area contributed by atoms with Crippen LogP contribution >= 0.6 is 0 Å². The molecule has 1 heterocycles. The highest BCUT2D eigenvalue weighted by molar-refractivity contribution is 6.01. The van der Waals surface area contributed by atoms with E-state index in [9.17, 15) is 18.4 Å². The van der Waals surface area contributed by atoms with E-state index in [1.807, 2.05) is 0 Å². The average Bonchev–Trinajstić information content (AvgIpc) is 2.91. The average molecular weight is 403 g/mol. The van der Waals surface area contributed by atoms with Crippen molar-refractivity contribution in [2.75, 3.05) is 29.5 Å². The summed E-state index contributed by atoms with van der Waals surface area (Å²) in [5.74, 6) is -0.875. The molecule has 0 aromatic heterocycles. The highest BCUT2D eigenvalue weighted by Gasteiger charge is 2.27. The molecule has 8 heteroatoms. The Labute approximate surface area is 168 Å². The Morgan fingerprint density at radius 2 is 1.86 bits per heavy atom. The number of hydrogen-bond acceptors (Lipinski definition) is 3. The maximum atomic E-state index is 13.5. The normalized spacial score (nSPS) is 14.3. The summed E-state index contributed by atoms with van der Waals surface area (Å²) in [7, 11) is 0. The number of carbonyl (C=O) groups is 2. The number of halogens is 2. The van der Waals surface area contributed by atoms with Crippen LogP contribution in [0.3, 0.4) is 0 Å². The van der Waals surface area contributed by atoms with E-state index in [1.54, 1.807) is 13.8 Å². The van der Waals surface area contributed by atoms with Crippen molar-refractivity contribution in [3.63, 3.8) is 0 Å². The van der Waals surface area contributed by atoms with Crippen molar-refractivity contribution in [1.29, 1.82) is 0 Å². The molecular weight excluding hydrogens is 380 g/mol. The second-order valence-electron chi connectivity index (χ2n) is 6.70. The number of carbonyl (C=O) groups excluding carboxylic acids is 2. The van der Waals surface area contributed by atoms with Crippen LogP contribution in [-0.2, 0) is 4.79 Å². The van der Waals surface area contributed by atoms with Crippen molar-refractivity contribution < 1.29 is 23.1 Å². The molecule has 154 valence electrons. The fraction of sp³-hybridized carbons (Fsp3) is 0.333. The van der Waals surface area contributed by atoms with Crippen LogP contribution in [0.1, 0.15) is 20.3 Å². The first-order valence-corrected chi connectivity index (χ1v) is 9.48. The summed E-state index contributed by atoms with van der Waals surface area (Å²) < 4.78 is 32.2. The van der Waals surface area contributed by atoms with Crippen molar-refractivity contribution in [3.05, 3.63) is 54.1 Å². The molecule has 2 aromatic carbocycles. The van der Waals surface area contributed by atoms with Crippen LogP contribution in [0.15, 0.2) is 42.5 Å². The molecule has 6 nitrogen and oxygen atoms in total. The molecule has 1 N–H and O–H groups in total. The quantitative estimate of drug-likeness (QED) is 0.847. The molecule has 2 aromatic rings. The highest BCUT2D eigenvalue weighted by Crippen LogP contribution is 2.31. The Morgan fingerprint density at radius 1 is 1.17 bits per heavy atom. The predicted molar refractivity (Wildman–Crippen MR) is 106 cm³/mol. The summed E-state index contributed by atoms with van der Waals surface area (Å²) >= 11 is 0. The molecule has 3 amide bonds. The SMILES string of the molecule is CCN(C(=O)[C@H](C)NC(=O)N1CCCOc2cc(F)ccc21)c1ccc(F)cc1. The van der Waals surface area contributed by atoms with Gasteiger partial charge < -0.3 is 15.0 Å². The standard InChI is InChI=1S/C21H23F2N3O3/c1-3-25(17-8-5-15(22)6-9-17)20(27)14(2)24-21(28)26-11-4-12-29-19-13-16(23)7-10-18(19)26/h5-10,13-14H,3-4,11-12H2,1-2H3,(H,24,28)/t14-/m0/s1. The van der Waals surface area contributed by atoms with Crippen LogP contribution in [0.2, 0.25) is 0 Å². The van der Waals surface area contributed by atoms with Gasteiger partial charge in [-0.3, -0.25) is 9.69 Å². The minimum Gasteiger partial charge on any atom is -0.491 e. The smallest absolute Gasteiger partial charge is 0.322 e. The van der Waals surface area contributed by atoms with Crippen molar-refractivity contribution in [3.8, 4) is 5.75 Å². The number of hydrogen-bond donors (Lipinski definition) is 1. The second kappa shape index (κ2) is 8.89. The zero-order valence-electron chi connectivity index (χ0n) is 16.3. The number of urea groups is 1. The predicted octanol–water partition coefficient (Wildman–Crippen LogP) is 3.70. The summed E-state index contributed by atoms with van der Waals surface area (Å²) in [6.45, 7) is 4.49. The van der Waals surface area contributed by atoms with Gasteiger partial charge in [0, 0.05) is 24.8 Å². The lowest BCUT2D eigenvalue weighted by Crippen LogP contribution is -2.51. The van der Waals surface area contributed by atoms with Gasteiger partial charge in [0.15, 0.2) is 0 Å². The van der Waals surface area contributed by atoms with E-state index in [0.717, 1.165) is 0 Å². The number of fused-ring (bicyclic) bond motifs is 1. The fourth-order valence-electron chi connectivity index (χ4n) is 3.21. The van der Waals surface area contributed by atoms with Crippen LogP contribution in [0.25, 0.3) is 0 Å². The number of anilines is 2. The molecule has 0 fully saturated rings. The van der Waals surface area contributed by atoms with Gasteiger partial charge in [0.2, 0.25) is 5.91 Å². The maximum Gasteiger partial charge on any atom is 0.322 e. The molecule has 29 heavy (non-hydrogen) atoms. The third-order valence-electron chi connectivity index (χ3n) is 4.67. The molecule has 1 aliphatic heterocycles. The summed E-state index contributed by atoms with van der Waals surface area (Å²) in [4.78, 5) is 28.6. The zero-order chi connectivity index (χ0) is 21.0. The first-order valence-electron chi connectivity index (χ1n) is 9.48. The van der Waals surface area contributed by atoms with E-state index < -0.39 is 23.7 Å². The number of nitrogens with one attached hydrogen (secondary N) is 1. The van der Waals surface area contributed by atoms with Crippen LogP contribution < -0.4 is 19.9 Å². The molecule has 0 aliphatic carbocycles. The number of nitrogens with zero attached hydrogens (tertiary/aromatic N) is 2. The molecule has 0 unspecified atom stereocenters. The fourth-order valence-corrected chi connectivity index (χ4v) is 3.21.